The van der Waals surface area contributed by atoms with Crippen molar-refractivity contribution < 1.29 is 28.6 Å². The normalized spacial score (nSPS) is 11.1. The van der Waals surface area contributed by atoms with Gasteiger partial charge in [-0.15, -0.1) is 0 Å². The summed E-state index contributed by atoms with van der Waals surface area (Å²) < 4.78 is 17.4. The summed E-state index contributed by atoms with van der Waals surface area (Å²) in [5.41, 5.74) is 1.48. The molecule has 8 heteroatoms. The molecule has 0 radical (unpaired) electrons. The van der Waals surface area contributed by atoms with E-state index in [9.17, 15) is 14.4 Å². The van der Waals surface area contributed by atoms with Crippen LogP contribution < -0.4 is 0 Å². The van der Waals surface area contributed by atoms with Crippen LogP contribution >= 0.6 is 22.6 Å². The fourth-order valence-corrected chi connectivity index (χ4v) is 3.95. The van der Waals surface area contributed by atoms with Crippen LogP contribution in [0.1, 0.15) is 54.4 Å². The van der Waals surface area contributed by atoms with E-state index < -0.39 is 17.7 Å². The van der Waals surface area contributed by atoms with Gasteiger partial charge in [0.1, 0.15) is 17.9 Å². The number of benzene rings is 1. The molecule has 1 aromatic heterocycles. The molecule has 30 heavy (non-hydrogen) atoms. The topological polar surface area (TPSA) is 83.8 Å². The van der Waals surface area contributed by atoms with Gasteiger partial charge in [-0.1, -0.05) is 30.3 Å². The molecular formula is C22H26INO6. The van der Waals surface area contributed by atoms with Crippen molar-refractivity contribution in [2.75, 3.05) is 7.11 Å². The third-order valence-corrected chi connectivity index (χ3v) is 5.40. The molecule has 0 fully saturated rings. The Hall–Kier alpha value is -2.36. The molecule has 162 valence electrons. The van der Waals surface area contributed by atoms with Gasteiger partial charge in [-0.25, -0.2) is 14.2 Å². The Morgan fingerprint density at radius 3 is 2.30 bits per heavy atom. The summed E-state index contributed by atoms with van der Waals surface area (Å²) in [6.45, 7) is 7.06. The van der Waals surface area contributed by atoms with Gasteiger partial charge in [0.25, 0.3) is 0 Å². The van der Waals surface area contributed by atoms with E-state index in [1.54, 1.807) is 27.7 Å². The Kier molecular flexibility index (Phi) is 8.05. The van der Waals surface area contributed by atoms with Crippen molar-refractivity contribution in [1.82, 2.24) is 4.57 Å². The van der Waals surface area contributed by atoms with Crippen molar-refractivity contribution in [1.29, 1.82) is 0 Å². The van der Waals surface area contributed by atoms with Gasteiger partial charge >= 0.3 is 18.0 Å². The van der Waals surface area contributed by atoms with E-state index in [4.69, 9.17) is 14.2 Å². The summed E-state index contributed by atoms with van der Waals surface area (Å²) in [7, 11) is 1.32. The van der Waals surface area contributed by atoms with Gasteiger partial charge < -0.3 is 14.2 Å². The number of esters is 2. The molecule has 2 aromatic rings. The van der Waals surface area contributed by atoms with Crippen LogP contribution in [0.5, 0.6) is 0 Å². The van der Waals surface area contributed by atoms with Crippen LogP contribution in [0, 0.1) is 10.6 Å². The van der Waals surface area contributed by atoms with Crippen LogP contribution in [-0.2, 0) is 32.0 Å². The lowest BCUT2D eigenvalue weighted by Crippen LogP contribution is -2.30. The third kappa shape index (κ3) is 6.07. The largest absolute Gasteiger partial charge is 0.469 e. The zero-order valence-corrected chi connectivity index (χ0v) is 19.9. The molecule has 0 saturated heterocycles. The number of rotatable bonds is 6. The van der Waals surface area contributed by atoms with Crippen LogP contribution in [0.15, 0.2) is 30.3 Å². The van der Waals surface area contributed by atoms with Gasteiger partial charge in [-0.2, -0.15) is 0 Å². The van der Waals surface area contributed by atoms with Crippen molar-refractivity contribution in [3.8, 4) is 0 Å². The van der Waals surface area contributed by atoms with Crippen molar-refractivity contribution in [2.45, 2.75) is 52.7 Å². The predicted molar refractivity (Wildman–Crippen MR) is 119 cm³/mol. The molecule has 0 atom stereocenters. The zero-order chi connectivity index (χ0) is 22.5. The number of hydrogen-bond donors (Lipinski definition) is 0. The summed E-state index contributed by atoms with van der Waals surface area (Å²) in [4.78, 5) is 37.4. The standard InChI is InChI=1S/C22H26INO6/c1-14-16(11-12-17(25)28-5)19(23)24(21(27)30-22(2,3)4)18(14)20(26)29-13-15-9-7-6-8-10-15/h6-10H,11-13H2,1-5H3. The van der Waals surface area contributed by atoms with E-state index in [0.29, 0.717) is 21.2 Å². The van der Waals surface area contributed by atoms with Crippen LogP contribution in [0.3, 0.4) is 0 Å². The summed E-state index contributed by atoms with van der Waals surface area (Å²) in [5, 5.41) is 0. The maximum absolute atomic E-state index is 12.9. The summed E-state index contributed by atoms with van der Waals surface area (Å²) >= 11 is 1.99. The zero-order valence-electron chi connectivity index (χ0n) is 17.8. The Labute approximate surface area is 189 Å². The molecule has 0 unspecified atom stereocenters. The highest BCUT2D eigenvalue weighted by molar-refractivity contribution is 14.1. The first kappa shape index (κ1) is 23.9. The van der Waals surface area contributed by atoms with E-state index >= 15 is 0 Å². The lowest BCUT2D eigenvalue weighted by molar-refractivity contribution is -0.140. The molecule has 0 saturated carbocycles. The van der Waals surface area contributed by atoms with Crippen molar-refractivity contribution in [3.63, 3.8) is 0 Å². The molecule has 0 aliphatic carbocycles. The fourth-order valence-electron chi connectivity index (χ4n) is 2.83. The van der Waals surface area contributed by atoms with E-state index in [0.717, 1.165) is 5.56 Å². The molecule has 1 aromatic carbocycles. The Bertz CT molecular complexity index is 927. The average molecular weight is 527 g/mol. The molecule has 2 rings (SSSR count). The van der Waals surface area contributed by atoms with Crippen molar-refractivity contribution in [3.05, 3.63) is 56.4 Å². The van der Waals surface area contributed by atoms with Gasteiger partial charge in [0.2, 0.25) is 0 Å². The van der Waals surface area contributed by atoms with Gasteiger partial charge in [0.05, 0.1) is 10.8 Å². The maximum atomic E-state index is 12.9. The number of ether oxygens (including phenoxy) is 3. The van der Waals surface area contributed by atoms with E-state index in [1.165, 1.54) is 11.7 Å². The minimum atomic E-state index is -0.740. The number of nitrogens with zero attached hydrogens (tertiary/aromatic N) is 1. The Morgan fingerprint density at radius 1 is 1.10 bits per heavy atom. The highest BCUT2D eigenvalue weighted by atomic mass is 127. The molecule has 0 N–H and O–H groups in total. The first-order valence-corrected chi connectivity index (χ1v) is 10.5. The Morgan fingerprint density at radius 2 is 1.73 bits per heavy atom. The highest BCUT2D eigenvalue weighted by Crippen LogP contribution is 2.28. The number of carbonyl (C=O) groups excluding carboxylic acids is 3. The molecule has 0 bridgehead atoms. The smallest absolute Gasteiger partial charge is 0.420 e. The highest BCUT2D eigenvalue weighted by Gasteiger charge is 2.31. The first-order valence-electron chi connectivity index (χ1n) is 9.46. The number of carbonyl (C=O) groups is 3. The van der Waals surface area contributed by atoms with Gasteiger partial charge in [-0.3, -0.25) is 4.79 Å². The van der Waals surface area contributed by atoms with Gasteiger partial charge in [0.15, 0.2) is 0 Å². The maximum Gasteiger partial charge on any atom is 0.420 e. The number of hydrogen-bond acceptors (Lipinski definition) is 6. The second-order valence-electron chi connectivity index (χ2n) is 7.70. The molecule has 0 amide bonds. The van der Waals surface area contributed by atoms with Gasteiger partial charge in [0, 0.05) is 6.42 Å². The van der Waals surface area contributed by atoms with Crippen molar-refractivity contribution in [2.24, 2.45) is 0 Å². The van der Waals surface area contributed by atoms with Crippen LogP contribution in [0.2, 0.25) is 0 Å². The molecule has 0 aliphatic heterocycles. The average Bonchev–Trinajstić information content (AvgIpc) is 2.93. The van der Waals surface area contributed by atoms with E-state index in [2.05, 4.69) is 0 Å². The third-order valence-electron chi connectivity index (χ3n) is 4.27. The van der Waals surface area contributed by atoms with Crippen LogP contribution in [-0.4, -0.2) is 35.3 Å². The molecule has 1 heterocycles. The van der Waals surface area contributed by atoms with E-state index in [1.807, 2.05) is 52.9 Å². The van der Waals surface area contributed by atoms with Crippen LogP contribution in [0.4, 0.5) is 4.79 Å². The fraction of sp³-hybridized carbons (Fsp3) is 0.409. The summed E-state index contributed by atoms with van der Waals surface area (Å²) in [5.74, 6) is -1.01. The second kappa shape index (κ2) is 10.1. The quantitative estimate of drug-likeness (QED) is 0.309. The van der Waals surface area contributed by atoms with Crippen molar-refractivity contribution >= 4 is 40.6 Å². The summed E-state index contributed by atoms with van der Waals surface area (Å²) in [6, 6.07) is 9.27. The number of aromatic nitrogens is 1. The summed E-state index contributed by atoms with van der Waals surface area (Å²) in [6.07, 6.45) is -0.221. The lowest BCUT2D eigenvalue weighted by atomic mass is 10.1. The minimum Gasteiger partial charge on any atom is -0.469 e. The monoisotopic (exact) mass is 527 g/mol. The molecule has 7 nitrogen and oxygen atoms in total. The molecule has 0 aliphatic rings. The van der Waals surface area contributed by atoms with Gasteiger partial charge in [-0.05, 0) is 73.4 Å². The van der Waals surface area contributed by atoms with E-state index in [-0.39, 0.29) is 24.7 Å². The van der Waals surface area contributed by atoms with Crippen LogP contribution in [0.25, 0.3) is 0 Å². The predicted octanol–water partition coefficient (Wildman–Crippen LogP) is 4.65. The molecule has 0 spiro atoms. The number of halogens is 1. The molecular weight excluding hydrogens is 501 g/mol. The SMILES string of the molecule is COC(=O)CCc1c(C)c(C(=O)OCc2ccccc2)n(C(=O)OC(C)(C)C)c1I. The lowest BCUT2D eigenvalue weighted by Gasteiger charge is -2.21. The minimum absolute atomic E-state index is 0.0761. The Balaban J connectivity index is 2.40. The second-order valence-corrected chi connectivity index (χ2v) is 8.72. The number of methoxy groups -OCH3 is 1. The first-order chi connectivity index (χ1) is 14.0.